The molecule has 2 atom stereocenters. The van der Waals surface area contributed by atoms with E-state index >= 15 is 0 Å². The van der Waals surface area contributed by atoms with Crippen molar-refractivity contribution in [3.8, 4) is 0 Å². The number of benzene rings is 2. The molecule has 2 aromatic rings. The highest BCUT2D eigenvalue weighted by molar-refractivity contribution is 7.89. The Morgan fingerprint density at radius 1 is 1.19 bits per heavy atom. The van der Waals surface area contributed by atoms with Gasteiger partial charge in [-0.25, -0.2) is 17.5 Å². The standard InChI is InChI=1S/C23H28FN3O4S/c1-16-13-19-14-21(7-8-22(19)27(16)17(2)28)32(29,30)25-15-23(26-9-11-31-12-10-26)18-3-5-20(24)6-4-18/h3-8,14,16,23,25H,9-13,15H2,1-2H3. The number of fused-ring (bicyclic) bond motifs is 1. The van der Waals surface area contributed by atoms with Crippen LogP contribution in [0, 0.1) is 5.82 Å². The van der Waals surface area contributed by atoms with Crippen LogP contribution in [0.25, 0.3) is 0 Å². The summed E-state index contributed by atoms with van der Waals surface area (Å²) >= 11 is 0. The number of carbonyl (C=O) groups excluding carboxylic acids is 1. The van der Waals surface area contributed by atoms with Crippen LogP contribution in [0.1, 0.15) is 31.0 Å². The van der Waals surface area contributed by atoms with Gasteiger partial charge in [0.1, 0.15) is 5.82 Å². The highest BCUT2D eigenvalue weighted by Crippen LogP contribution is 2.34. The Morgan fingerprint density at radius 2 is 1.88 bits per heavy atom. The SMILES string of the molecule is CC(=O)N1c2ccc(S(=O)(=O)NCC(c3ccc(F)cc3)N3CCOCC3)cc2CC1C. The summed E-state index contributed by atoms with van der Waals surface area (Å²) in [5, 5.41) is 0. The molecule has 9 heteroatoms. The summed E-state index contributed by atoms with van der Waals surface area (Å²) in [6.07, 6.45) is 0.615. The smallest absolute Gasteiger partial charge is 0.240 e. The molecule has 1 N–H and O–H groups in total. The van der Waals surface area contributed by atoms with E-state index in [1.54, 1.807) is 29.2 Å². The summed E-state index contributed by atoms with van der Waals surface area (Å²) in [5.41, 5.74) is 2.45. The molecule has 2 aliphatic heterocycles. The molecular weight excluding hydrogens is 433 g/mol. The zero-order valence-electron chi connectivity index (χ0n) is 18.3. The average Bonchev–Trinajstić information content (AvgIpc) is 3.11. The summed E-state index contributed by atoms with van der Waals surface area (Å²) in [7, 11) is -3.77. The van der Waals surface area contributed by atoms with Crippen molar-refractivity contribution in [1.29, 1.82) is 0 Å². The van der Waals surface area contributed by atoms with Crippen molar-refractivity contribution in [2.24, 2.45) is 0 Å². The van der Waals surface area contributed by atoms with Crippen LogP contribution in [0.2, 0.25) is 0 Å². The largest absolute Gasteiger partial charge is 0.379 e. The number of rotatable bonds is 6. The van der Waals surface area contributed by atoms with E-state index in [0.717, 1.165) is 16.8 Å². The van der Waals surface area contributed by atoms with Crippen molar-refractivity contribution in [3.05, 3.63) is 59.4 Å². The quantitative estimate of drug-likeness (QED) is 0.715. The van der Waals surface area contributed by atoms with E-state index in [1.165, 1.54) is 25.1 Å². The third kappa shape index (κ3) is 4.71. The average molecular weight is 462 g/mol. The number of amides is 1. The molecule has 2 heterocycles. The summed E-state index contributed by atoms with van der Waals surface area (Å²) in [6.45, 7) is 6.09. The van der Waals surface area contributed by atoms with Crippen molar-refractivity contribution >= 4 is 21.6 Å². The van der Waals surface area contributed by atoms with E-state index in [1.807, 2.05) is 6.92 Å². The van der Waals surface area contributed by atoms with Gasteiger partial charge < -0.3 is 9.64 Å². The van der Waals surface area contributed by atoms with Gasteiger partial charge in [0.25, 0.3) is 0 Å². The molecule has 0 bridgehead atoms. The third-order valence-corrected chi connectivity index (χ3v) is 7.55. The Balaban J connectivity index is 1.55. The molecule has 1 fully saturated rings. The minimum Gasteiger partial charge on any atom is -0.379 e. The Hall–Kier alpha value is -2.33. The highest BCUT2D eigenvalue weighted by Gasteiger charge is 2.31. The first-order valence-electron chi connectivity index (χ1n) is 10.8. The second kappa shape index (κ2) is 9.27. The van der Waals surface area contributed by atoms with E-state index in [0.29, 0.717) is 32.7 Å². The van der Waals surface area contributed by atoms with Gasteiger partial charge in [0.05, 0.1) is 18.1 Å². The fourth-order valence-corrected chi connectivity index (χ4v) is 5.65. The number of anilines is 1. The Labute approximate surface area is 188 Å². The lowest BCUT2D eigenvalue weighted by atomic mass is 10.0. The number of nitrogens with one attached hydrogen (secondary N) is 1. The third-order valence-electron chi connectivity index (χ3n) is 6.12. The van der Waals surface area contributed by atoms with Crippen LogP contribution in [-0.4, -0.2) is 58.1 Å². The molecule has 2 aromatic carbocycles. The second-order valence-electron chi connectivity index (χ2n) is 8.30. The van der Waals surface area contributed by atoms with Gasteiger partial charge in [0.2, 0.25) is 15.9 Å². The molecule has 172 valence electrons. The van der Waals surface area contributed by atoms with Gasteiger partial charge in [0, 0.05) is 44.3 Å². The lowest BCUT2D eigenvalue weighted by Gasteiger charge is -2.34. The molecule has 4 rings (SSSR count). The highest BCUT2D eigenvalue weighted by atomic mass is 32.2. The number of hydrogen-bond donors (Lipinski definition) is 1. The van der Waals surface area contributed by atoms with Crippen molar-refractivity contribution < 1.29 is 22.3 Å². The van der Waals surface area contributed by atoms with E-state index in [9.17, 15) is 17.6 Å². The summed E-state index contributed by atoms with van der Waals surface area (Å²) in [4.78, 5) is 16.0. The topological polar surface area (TPSA) is 79.0 Å². The maximum Gasteiger partial charge on any atom is 0.240 e. The number of ether oxygens (including phenoxy) is 1. The molecular formula is C23H28FN3O4S. The summed E-state index contributed by atoms with van der Waals surface area (Å²) < 4.78 is 47.8. The first kappa shape index (κ1) is 22.8. The molecule has 0 radical (unpaired) electrons. The maximum atomic E-state index is 13.4. The van der Waals surface area contributed by atoms with Gasteiger partial charge in [-0.1, -0.05) is 12.1 Å². The molecule has 0 spiro atoms. The zero-order valence-corrected chi connectivity index (χ0v) is 19.1. The Kier molecular flexibility index (Phi) is 6.62. The Morgan fingerprint density at radius 3 is 2.53 bits per heavy atom. The number of carbonyl (C=O) groups is 1. The lowest BCUT2D eigenvalue weighted by Crippen LogP contribution is -2.43. The number of nitrogens with zero attached hydrogens (tertiary/aromatic N) is 2. The molecule has 0 saturated carbocycles. The number of sulfonamides is 1. The summed E-state index contributed by atoms with van der Waals surface area (Å²) in [5.74, 6) is -0.389. The van der Waals surface area contributed by atoms with Crippen LogP contribution < -0.4 is 9.62 Å². The van der Waals surface area contributed by atoms with Gasteiger partial charge in [-0.2, -0.15) is 0 Å². The second-order valence-corrected chi connectivity index (χ2v) is 10.1. The van der Waals surface area contributed by atoms with Crippen LogP contribution in [0.4, 0.5) is 10.1 Å². The predicted molar refractivity (Wildman–Crippen MR) is 119 cm³/mol. The molecule has 7 nitrogen and oxygen atoms in total. The van der Waals surface area contributed by atoms with Crippen LogP contribution in [-0.2, 0) is 26.0 Å². The van der Waals surface area contributed by atoms with Crippen LogP contribution in [0.15, 0.2) is 47.4 Å². The monoisotopic (exact) mass is 461 g/mol. The molecule has 2 unspecified atom stereocenters. The fraction of sp³-hybridized carbons (Fsp3) is 0.435. The summed E-state index contributed by atoms with van der Waals surface area (Å²) in [6, 6.07) is 10.8. The number of morpholine rings is 1. The lowest BCUT2D eigenvalue weighted by molar-refractivity contribution is -0.116. The van der Waals surface area contributed by atoms with Crippen molar-refractivity contribution in [1.82, 2.24) is 9.62 Å². The number of hydrogen-bond acceptors (Lipinski definition) is 5. The fourth-order valence-electron chi connectivity index (χ4n) is 4.56. The first-order chi connectivity index (χ1) is 15.3. The van der Waals surface area contributed by atoms with E-state index in [-0.39, 0.29) is 35.2 Å². The number of halogens is 1. The van der Waals surface area contributed by atoms with Crippen molar-refractivity contribution in [2.75, 3.05) is 37.7 Å². The van der Waals surface area contributed by atoms with Crippen molar-refractivity contribution in [3.63, 3.8) is 0 Å². The van der Waals surface area contributed by atoms with E-state index in [2.05, 4.69) is 9.62 Å². The van der Waals surface area contributed by atoms with Crippen LogP contribution >= 0.6 is 0 Å². The first-order valence-corrected chi connectivity index (χ1v) is 12.2. The Bertz CT molecular complexity index is 1080. The van der Waals surface area contributed by atoms with Gasteiger partial charge in [0.15, 0.2) is 0 Å². The molecule has 1 saturated heterocycles. The van der Waals surface area contributed by atoms with Gasteiger partial charge in [-0.15, -0.1) is 0 Å². The van der Waals surface area contributed by atoms with Gasteiger partial charge in [-0.05, 0) is 54.8 Å². The zero-order chi connectivity index (χ0) is 22.9. The van der Waals surface area contributed by atoms with Gasteiger partial charge >= 0.3 is 0 Å². The molecule has 0 aromatic heterocycles. The minimum atomic E-state index is -3.77. The van der Waals surface area contributed by atoms with E-state index in [4.69, 9.17) is 4.74 Å². The van der Waals surface area contributed by atoms with Crippen LogP contribution in [0.3, 0.4) is 0 Å². The van der Waals surface area contributed by atoms with E-state index < -0.39 is 10.0 Å². The molecule has 32 heavy (non-hydrogen) atoms. The maximum absolute atomic E-state index is 13.4. The van der Waals surface area contributed by atoms with Gasteiger partial charge in [-0.3, -0.25) is 9.69 Å². The van der Waals surface area contributed by atoms with Crippen molar-refractivity contribution in [2.45, 2.75) is 37.2 Å². The molecule has 2 aliphatic rings. The van der Waals surface area contributed by atoms with Crippen LogP contribution in [0.5, 0.6) is 0 Å². The minimum absolute atomic E-state index is 0.00223. The normalized spacial score (nSPS) is 20.2. The predicted octanol–water partition coefficient (Wildman–Crippen LogP) is 2.48. The molecule has 1 amide bonds. The molecule has 0 aliphatic carbocycles.